The first-order valence-corrected chi connectivity index (χ1v) is 14.5. The molecule has 4 aromatic rings. The molecular formula is C31H35N7O3. The monoisotopic (exact) mass is 553 g/mol. The molecule has 0 radical (unpaired) electrons. The van der Waals surface area contributed by atoms with Crippen molar-refractivity contribution in [2.45, 2.75) is 56.2 Å². The summed E-state index contributed by atoms with van der Waals surface area (Å²) in [5, 5.41) is 14.5. The number of ether oxygens (including phenoxy) is 1. The number of nitrogens with zero attached hydrogens (tertiary/aromatic N) is 6. The van der Waals surface area contributed by atoms with Gasteiger partial charge in [0, 0.05) is 17.9 Å². The van der Waals surface area contributed by atoms with E-state index in [-0.39, 0.29) is 25.3 Å². The zero-order valence-electron chi connectivity index (χ0n) is 23.1. The summed E-state index contributed by atoms with van der Waals surface area (Å²) in [6.07, 6.45) is 9.62. The second-order valence-corrected chi connectivity index (χ2v) is 11.5. The van der Waals surface area contributed by atoms with Crippen molar-refractivity contribution in [3.63, 3.8) is 0 Å². The summed E-state index contributed by atoms with van der Waals surface area (Å²) in [7, 11) is 0. The van der Waals surface area contributed by atoms with Gasteiger partial charge in [0.1, 0.15) is 5.39 Å². The molecule has 2 saturated heterocycles. The lowest BCUT2D eigenvalue weighted by Crippen LogP contribution is -2.47. The van der Waals surface area contributed by atoms with Crippen LogP contribution in [0.4, 0.5) is 11.6 Å². The van der Waals surface area contributed by atoms with E-state index in [2.05, 4.69) is 51.0 Å². The number of hydrogen-bond donors (Lipinski definition) is 2. The van der Waals surface area contributed by atoms with Gasteiger partial charge in [-0.1, -0.05) is 24.3 Å². The Morgan fingerprint density at radius 2 is 1.85 bits per heavy atom. The third kappa shape index (κ3) is 4.75. The molecule has 3 aromatic heterocycles. The maximum atomic E-state index is 13.3. The molecule has 3 aliphatic rings. The molecule has 0 bridgehead atoms. The fourth-order valence-electron chi connectivity index (χ4n) is 6.30. The number of benzene rings is 1. The third-order valence-electron chi connectivity index (χ3n) is 8.83. The highest BCUT2D eigenvalue weighted by atomic mass is 16.5. The number of aliphatic hydroxyl groups is 1. The smallest absolute Gasteiger partial charge is 0.278 e. The third-order valence-corrected chi connectivity index (χ3v) is 8.83. The number of pyridine rings is 1. The van der Waals surface area contributed by atoms with Gasteiger partial charge in [-0.05, 0) is 80.9 Å². The Balaban J connectivity index is 1.15. The van der Waals surface area contributed by atoms with Crippen molar-refractivity contribution in [2.75, 3.05) is 31.6 Å². The van der Waals surface area contributed by atoms with E-state index < -0.39 is 5.60 Å². The van der Waals surface area contributed by atoms with Crippen LogP contribution in [0.15, 0.2) is 66.1 Å². The van der Waals surface area contributed by atoms with E-state index >= 15 is 0 Å². The van der Waals surface area contributed by atoms with Gasteiger partial charge in [-0.15, -0.1) is 6.58 Å². The van der Waals surface area contributed by atoms with E-state index in [1.54, 1.807) is 29.1 Å². The van der Waals surface area contributed by atoms with Crippen LogP contribution in [0.5, 0.6) is 0 Å². The van der Waals surface area contributed by atoms with Crippen molar-refractivity contribution < 1.29 is 9.84 Å². The van der Waals surface area contributed by atoms with Gasteiger partial charge in [0.2, 0.25) is 5.95 Å². The van der Waals surface area contributed by atoms with E-state index in [0.717, 1.165) is 11.7 Å². The standard InChI is InChI=1S/C31H35N7O3/c1-2-15-37-29(39)25-18-32-30(35-28(25)38(37)27-6-3-5-26(34-27)31(40)19-41-20-31)33-23-11-7-21(8-12-23)22-9-13-24(14-10-22)36-16-4-17-36/h2-3,5-8,11-12,18,22,24,40H,1,4,9-10,13-17,19-20H2,(H,32,33,35). The van der Waals surface area contributed by atoms with E-state index in [1.807, 2.05) is 6.07 Å². The molecule has 0 amide bonds. The second-order valence-electron chi connectivity index (χ2n) is 11.5. The molecule has 2 aliphatic heterocycles. The number of anilines is 2. The first-order valence-electron chi connectivity index (χ1n) is 14.5. The van der Waals surface area contributed by atoms with Crippen molar-refractivity contribution in [3.8, 4) is 5.82 Å². The molecular weight excluding hydrogens is 518 g/mol. The van der Waals surface area contributed by atoms with Crippen LogP contribution in [0.3, 0.4) is 0 Å². The number of rotatable bonds is 8. The highest BCUT2D eigenvalue weighted by Crippen LogP contribution is 2.36. The van der Waals surface area contributed by atoms with Gasteiger partial charge in [-0.25, -0.2) is 19.3 Å². The molecule has 10 nitrogen and oxygen atoms in total. The van der Waals surface area contributed by atoms with E-state index in [0.29, 0.717) is 34.4 Å². The lowest BCUT2D eigenvalue weighted by molar-refractivity contribution is -0.186. The fourth-order valence-corrected chi connectivity index (χ4v) is 6.30. The summed E-state index contributed by atoms with van der Waals surface area (Å²) in [4.78, 5) is 29.8. The summed E-state index contributed by atoms with van der Waals surface area (Å²) in [6, 6.07) is 14.7. The molecule has 10 heteroatoms. The normalized spacial score (nSPS) is 22.2. The average Bonchev–Trinajstić information content (AvgIpc) is 3.22. The lowest BCUT2D eigenvalue weighted by atomic mass is 9.80. The Morgan fingerprint density at radius 1 is 1.07 bits per heavy atom. The van der Waals surface area contributed by atoms with Crippen molar-refractivity contribution in [2.24, 2.45) is 0 Å². The highest BCUT2D eigenvalue weighted by molar-refractivity contribution is 5.77. The quantitative estimate of drug-likeness (QED) is 0.317. The number of likely N-dealkylation sites (tertiary alicyclic amines) is 1. The molecule has 7 rings (SSSR count). The zero-order chi connectivity index (χ0) is 28.0. The minimum Gasteiger partial charge on any atom is -0.379 e. The van der Waals surface area contributed by atoms with Crippen LogP contribution in [0, 0.1) is 0 Å². The number of fused-ring (bicyclic) bond motifs is 1. The Morgan fingerprint density at radius 3 is 2.51 bits per heavy atom. The van der Waals surface area contributed by atoms with Crippen molar-refractivity contribution in [3.05, 3.63) is 82.9 Å². The number of nitrogens with one attached hydrogen (secondary N) is 1. The Kier molecular flexibility index (Phi) is 6.69. The van der Waals surface area contributed by atoms with Crippen molar-refractivity contribution in [1.82, 2.24) is 29.2 Å². The zero-order valence-corrected chi connectivity index (χ0v) is 23.1. The predicted octanol–water partition coefficient (Wildman–Crippen LogP) is 3.86. The topological polar surface area (TPSA) is 110 Å². The summed E-state index contributed by atoms with van der Waals surface area (Å²) in [5.41, 5.74) is 1.80. The van der Waals surface area contributed by atoms with E-state index in [4.69, 9.17) is 9.72 Å². The van der Waals surface area contributed by atoms with Crippen molar-refractivity contribution >= 4 is 22.7 Å². The Labute approximate surface area is 238 Å². The summed E-state index contributed by atoms with van der Waals surface area (Å²) in [6.45, 7) is 7.00. The van der Waals surface area contributed by atoms with E-state index in [9.17, 15) is 9.90 Å². The molecule has 1 aromatic carbocycles. The van der Waals surface area contributed by atoms with Gasteiger partial charge < -0.3 is 20.1 Å². The highest BCUT2D eigenvalue weighted by Gasteiger charge is 2.39. The molecule has 0 unspecified atom stereocenters. The molecule has 1 saturated carbocycles. The maximum absolute atomic E-state index is 13.3. The van der Waals surface area contributed by atoms with Crippen LogP contribution >= 0.6 is 0 Å². The minimum absolute atomic E-state index is 0.185. The average molecular weight is 554 g/mol. The molecule has 5 heterocycles. The van der Waals surface area contributed by atoms with Crippen LogP contribution in [0.2, 0.25) is 0 Å². The Hall–Kier alpha value is -3.86. The van der Waals surface area contributed by atoms with Crippen LogP contribution in [-0.2, 0) is 16.9 Å². The van der Waals surface area contributed by atoms with Crippen LogP contribution in [0.1, 0.15) is 49.3 Å². The number of hydrogen-bond acceptors (Lipinski definition) is 8. The molecule has 0 spiro atoms. The summed E-state index contributed by atoms with van der Waals surface area (Å²) in [5.74, 6) is 1.46. The SMILES string of the molecule is C=CCn1c(=O)c2cnc(Nc3ccc(C4CCC(N5CCC5)CC4)cc3)nc2n1-c1cccc(C2(O)COC2)n1. The van der Waals surface area contributed by atoms with Gasteiger partial charge in [0.25, 0.3) is 5.56 Å². The van der Waals surface area contributed by atoms with Gasteiger partial charge >= 0.3 is 0 Å². The van der Waals surface area contributed by atoms with Gasteiger partial charge in [0.05, 0.1) is 25.5 Å². The first kappa shape index (κ1) is 26.1. The maximum Gasteiger partial charge on any atom is 0.278 e. The van der Waals surface area contributed by atoms with E-state index in [1.165, 1.54) is 55.4 Å². The molecule has 3 fully saturated rings. The van der Waals surface area contributed by atoms with Crippen LogP contribution in [0.25, 0.3) is 16.9 Å². The lowest BCUT2D eigenvalue weighted by Gasteiger charge is -2.42. The molecule has 212 valence electrons. The van der Waals surface area contributed by atoms with Crippen LogP contribution < -0.4 is 10.9 Å². The summed E-state index contributed by atoms with van der Waals surface area (Å²) >= 11 is 0. The molecule has 0 atom stereocenters. The van der Waals surface area contributed by atoms with Gasteiger partial charge in [-0.2, -0.15) is 4.98 Å². The molecule has 2 N–H and O–H groups in total. The predicted molar refractivity (Wildman–Crippen MR) is 157 cm³/mol. The Bertz CT molecular complexity index is 1630. The van der Waals surface area contributed by atoms with Gasteiger partial charge in [-0.3, -0.25) is 4.79 Å². The van der Waals surface area contributed by atoms with Gasteiger partial charge in [0.15, 0.2) is 17.1 Å². The molecule has 41 heavy (non-hydrogen) atoms. The fraction of sp³-hybridized carbons (Fsp3) is 0.419. The summed E-state index contributed by atoms with van der Waals surface area (Å²) < 4.78 is 8.40. The molecule has 1 aliphatic carbocycles. The van der Waals surface area contributed by atoms with Crippen molar-refractivity contribution in [1.29, 1.82) is 0 Å². The largest absolute Gasteiger partial charge is 0.379 e. The first-order chi connectivity index (χ1) is 20.0. The second kappa shape index (κ2) is 10.5. The number of allylic oxidation sites excluding steroid dienone is 1. The minimum atomic E-state index is -1.13. The number of aromatic nitrogens is 5. The van der Waals surface area contributed by atoms with Crippen LogP contribution in [-0.4, -0.2) is 66.7 Å².